The number of nitrogens with one attached hydrogen (secondary N) is 2. The van der Waals surface area contributed by atoms with Gasteiger partial charge in [-0.1, -0.05) is 71.4 Å². The molecule has 2 N–H and O–H groups in total. The molecule has 0 unspecified atom stereocenters. The number of rotatable bonds is 18. The minimum atomic E-state index is -0.696. The molecular weight excluding hydrogens is 658 g/mol. The third-order valence-corrected chi connectivity index (χ3v) is 12.4. The minimum Gasteiger partial charge on any atom is -0.379 e. The minimum absolute atomic E-state index is 0.0228. The van der Waals surface area contributed by atoms with Crippen LogP contribution in [-0.2, 0) is 35.1 Å². The van der Waals surface area contributed by atoms with Crippen LogP contribution in [0.15, 0.2) is 30.3 Å². The summed E-state index contributed by atoms with van der Waals surface area (Å²) >= 11 is 0. The van der Waals surface area contributed by atoms with E-state index in [-0.39, 0.29) is 60.0 Å². The quantitative estimate of drug-likeness (QED) is 0.232. The standard InChI is InChI=1S/C41H67N5O6/c1-11-26(4)36(45(8)41(50)35(25(2)3)43-40(49)37-30-19-20-31(23-30)44(37)7)33(51-9)24-34(47)46-21-15-18-32(46)38(52-10)28(6)39(48)42-27(5)22-29-16-13-12-14-17-29/h12-14,16-17,25-28,30-33,35-38H,11,15,18-24H2,1-10H3,(H,42,48)(H,43,49)/t26-,27+,28+,30-,31+,32-,33+,35-,36-,37-,38+/m0/s1. The third kappa shape index (κ3) is 9.55. The molecule has 11 atom stereocenters. The maximum Gasteiger partial charge on any atom is 0.245 e. The number of benzene rings is 1. The number of amides is 4. The van der Waals surface area contributed by atoms with E-state index in [1.165, 1.54) is 0 Å². The largest absolute Gasteiger partial charge is 0.379 e. The lowest BCUT2D eigenvalue weighted by molar-refractivity contribution is -0.148. The molecule has 2 saturated heterocycles. The molecule has 2 bridgehead atoms. The lowest BCUT2D eigenvalue weighted by Crippen LogP contribution is -2.60. The molecule has 0 aromatic heterocycles. The van der Waals surface area contributed by atoms with Crippen LogP contribution in [0.1, 0.15) is 92.1 Å². The van der Waals surface area contributed by atoms with E-state index in [2.05, 4.69) is 41.5 Å². The zero-order chi connectivity index (χ0) is 38.3. The second-order valence-corrected chi connectivity index (χ2v) is 16.3. The van der Waals surface area contributed by atoms with E-state index in [4.69, 9.17) is 9.47 Å². The first-order valence-corrected chi connectivity index (χ1v) is 19.7. The van der Waals surface area contributed by atoms with Crippen LogP contribution in [0.2, 0.25) is 0 Å². The number of nitrogens with zero attached hydrogens (tertiary/aromatic N) is 3. The van der Waals surface area contributed by atoms with Crippen LogP contribution in [0, 0.1) is 23.7 Å². The van der Waals surface area contributed by atoms with Crippen molar-refractivity contribution in [1.82, 2.24) is 25.3 Å². The Hall–Kier alpha value is -3.02. The Morgan fingerprint density at radius 2 is 1.65 bits per heavy atom. The number of likely N-dealkylation sites (tertiary alicyclic amines) is 2. The van der Waals surface area contributed by atoms with Crippen LogP contribution in [0.5, 0.6) is 0 Å². The topological polar surface area (TPSA) is 121 Å². The number of methoxy groups -OCH3 is 2. The van der Waals surface area contributed by atoms with Gasteiger partial charge in [0, 0.05) is 39.9 Å². The van der Waals surface area contributed by atoms with Crippen LogP contribution >= 0.6 is 0 Å². The van der Waals surface area contributed by atoms with Gasteiger partial charge >= 0.3 is 0 Å². The van der Waals surface area contributed by atoms with Gasteiger partial charge in [-0.05, 0) is 75.8 Å². The van der Waals surface area contributed by atoms with Gasteiger partial charge in [0.25, 0.3) is 0 Å². The summed E-state index contributed by atoms with van der Waals surface area (Å²) in [5.41, 5.74) is 1.16. The SMILES string of the molecule is CC[C@H](C)[C@@H]([C@@H](CC(=O)N1CCC[C@H]1[C@H](OC)[C@@H](C)C(=O)N[C@H](C)Cc1ccccc1)OC)N(C)C(=O)[C@@H](NC(=O)[C@@H]1[C@H]2CC[C@H](C2)N1C)C(C)C. The average Bonchev–Trinajstić information content (AvgIpc) is 3.87. The number of likely N-dealkylation sites (N-methyl/N-ethyl adjacent to an activating group) is 2. The number of hydrogen-bond donors (Lipinski definition) is 2. The Kier molecular flexibility index (Phi) is 15.1. The Balaban J connectivity index is 1.44. The van der Waals surface area contributed by atoms with Crippen molar-refractivity contribution in [1.29, 1.82) is 0 Å². The summed E-state index contributed by atoms with van der Waals surface area (Å²) in [4.78, 5) is 61.3. The highest BCUT2D eigenvalue weighted by molar-refractivity contribution is 5.90. The van der Waals surface area contributed by atoms with Crippen LogP contribution in [0.25, 0.3) is 0 Å². The van der Waals surface area contributed by atoms with Crippen molar-refractivity contribution in [3.8, 4) is 0 Å². The summed E-state index contributed by atoms with van der Waals surface area (Å²) in [6.07, 6.45) is 5.30. The number of hydrogen-bond acceptors (Lipinski definition) is 7. The molecule has 11 heteroatoms. The van der Waals surface area contributed by atoms with Gasteiger partial charge in [-0.2, -0.15) is 0 Å². The summed E-state index contributed by atoms with van der Waals surface area (Å²) in [6, 6.07) is 8.90. The molecular formula is C41H67N5O6. The first kappa shape index (κ1) is 41.7. The zero-order valence-electron chi connectivity index (χ0n) is 33.5. The van der Waals surface area contributed by atoms with E-state index in [0.29, 0.717) is 18.5 Å². The molecule has 2 heterocycles. The number of piperidine rings is 1. The fraction of sp³-hybridized carbons (Fsp3) is 0.756. The second kappa shape index (κ2) is 18.8. The highest BCUT2D eigenvalue weighted by Gasteiger charge is 2.48. The van der Waals surface area contributed by atoms with Gasteiger partial charge in [0.1, 0.15) is 6.04 Å². The predicted octanol–water partition coefficient (Wildman–Crippen LogP) is 4.28. The van der Waals surface area contributed by atoms with Crippen molar-refractivity contribution in [3.63, 3.8) is 0 Å². The van der Waals surface area contributed by atoms with Gasteiger partial charge in [0.05, 0.1) is 42.7 Å². The molecule has 4 rings (SSSR count). The second-order valence-electron chi connectivity index (χ2n) is 16.3. The molecule has 1 saturated carbocycles. The van der Waals surface area contributed by atoms with Gasteiger partial charge in [-0.15, -0.1) is 0 Å². The molecule has 52 heavy (non-hydrogen) atoms. The first-order valence-electron chi connectivity index (χ1n) is 19.7. The van der Waals surface area contributed by atoms with Crippen LogP contribution in [-0.4, -0.2) is 122 Å². The molecule has 3 aliphatic rings. The van der Waals surface area contributed by atoms with Gasteiger partial charge in [-0.3, -0.25) is 24.1 Å². The lowest BCUT2D eigenvalue weighted by atomic mass is 9.89. The van der Waals surface area contributed by atoms with Crippen molar-refractivity contribution < 1.29 is 28.7 Å². The normalized spacial score (nSPS) is 25.6. The van der Waals surface area contributed by atoms with Crippen LogP contribution in [0.3, 0.4) is 0 Å². The van der Waals surface area contributed by atoms with Crippen molar-refractivity contribution in [2.24, 2.45) is 23.7 Å². The van der Waals surface area contributed by atoms with Crippen molar-refractivity contribution in [2.45, 2.75) is 141 Å². The molecule has 4 amide bonds. The van der Waals surface area contributed by atoms with Crippen molar-refractivity contribution >= 4 is 23.6 Å². The van der Waals surface area contributed by atoms with E-state index in [0.717, 1.165) is 50.5 Å². The Labute approximate surface area is 312 Å². The Morgan fingerprint density at radius 3 is 2.23 bits per heavy atom. The zero-order valence-corrected chi connectivity index (χ0v) is 33.5. The van der Waals surface area contributed by atoms with E-state index in [1.807, 2.05) is 57.8 Å². The highest BCUT2D eigenvalue weighted by atomic mass is 16.5. The molecule has 0 radical (unpaired) electrons. The van der Waals surface area contributed by atoms with E-state index in [1.54, 1.807) is 26.2 Å². The smallest absolute Gasteiger partial charge is 0.245 e. The predicted molar refractivity (Wildman–Crippen MR) is 203 cm³/mol. The Morgan fingerprint density at radius 1 is 0.962 bits per heavy atom. The van der Waals surface area contributed by atoms with Gasteiger partial charge in [0.15, 0.2) is 0 Å². The summed E-state index contributed by atoms with van der Waals surface area (Å²) in [7, 11) is 7.01. The van der Waals surface area contributed by atoms with E-state index in [9.17, 15) is 19.2 Å². The first-order chi connectivity index (χ1) is 24.7. The third-order valence-electron chi connectivity index (χ3n) is 12.4. The average molecular weight is 726 g/mol. The van der Waals surface area contributed by atoms with Crippen LogP contribution < -0.4 is 10.6 Å². The number of fused-ring (bicyclic) bond motifs is 2. The summed E-state index contributed by atoms with van der Waals surface area (Å²) in [5.74, 6) is -0.666. The van der Waals surface area contributed by atoms with E-state index < -0.39 is 30.2 Å². The van der Waals surface area contributed by atoms with Crippen molar-refractivity contribution in [2.75, 3.05) is 34.9 Å². The van der Waals surface area contributed by atoms with Gasteiger partial charge < -0.3 is 29.9 Å². The maximum atomic E-state index is 14.3. The molecule has 0 spiro atoms. The summed E-state index contributed by atoms with van der Waals surface area (Å²) < 4.78 is 12.0. The number of ether oxygens (including phenoxy) is 2. The fourth-order valence-corrected chi connectivity index (χ4v) is 9.28. The maximum absolute atomic E-state index is 14.3. The number of carbonyl (C=O) groups excluding carboxylic acids is 4. The summed E-state index contributed by atoms with van der Waals surface area (Å²) in [5, 5.41) is 6.30. The van der Waals surface area contributed by atoms with Crippen LogP contribution in [0.4, 0.5) is 0 Å². The molecule has 1 aromatic rings. The molecule has 1 aromatic carbocycles. The lowest BCUT2D eigenvalue weighted by Gasteiger charge is -2.41. The Bertz CT molecular complexity index is 1340. The van der Waals surface area contributed by atoms with Gasteiger partial charge in [0.2, 0.25) is 23.6 Å². The molecule has 1 aliphatic carbocycles. The molecule has 292 valence electrons. The molecule has 2 aliphatic heterocycles. The molecule has 3 fully saturated rings. The molecule has 11 nitrogen and oxygen atoms in total. The van der Waals surface area contributed by atoms with Crippen molar-refractivity contribution in [3.05, 3.63) is 35.9 Å². The van der Waals surface area contributed by atoms with E-state index >= 15 is 0 Å². The van der Waals surface area contributed by atoms with Gasteiger partial charge in [-0.25, -0.2) is 0 Å². The fourth-order valence-electron chi connectivity index (χ4n) is 9.28. The monoisotopic (exact) mass is 726 g/mol. The summed E-state index contributed by atoms with van der Waals surface area (Å²) in [6.45, 7) is 12.5. The number of carbonyl (C=O) groups is 4. The highest BCUT2D eigenvalue weighted by Crippen LogP contribution is 2.41.